The van der Waals surface area contributed by atoms with Crippen LogP contribution in [0.2, 0.25) is 0 Å². The third kappa shape index (κ3) is 6.90. The van der Waals surface area contributed by atoms with Crippen molar-refractivity contribution in [3.8, 4) is 22.6 Å². The van der Waals surface area contributed by atoms with Gasteiger partial charge in [-0.05, 0) is 73.4 Å². The van der Waals surface area contributed by atoms with Gasteiger partial charge in [0.15, 0.2) is 0 Å². The van der Waals surface area contributed by atoms with Crippen LogP contribution in [0.4, 0.5) is 0 Å². The zero-order valence-electron chi connectivity index (χ0n) is 25.6. The highest BCUT2D eigenvalue weighted by Gasteiger charge is 2.29. The van der Waals surface area contributed by atoms with Crippen LogP contribution in [-0.2, 0) is 16.0 Å². The van der Waals surface area contributed by atoms with Crippen molar-refractivity contribution in [1.29, 1.82) is 0 Å². The smallest absolute Gasteiger partial charge is 0.266 e. The normalized spacial score (nSPS) is 11.8. The van der Waals surface area contributed by atoms with Gasteiger partial charge in [0, 0.05) is 13.2 Å². The number of carbonyl (C=O) groups is 1. The summed E-state index contributed by atoms with van der Waals surface area (Å²) in [7, 11) is 0. The van der Waals surface area contributed by atoms with E-state index < -0.39 is 6.04 Å². The Bertz CT molecular complexity index is 1730. The molecule has 0 N–H and O–H groups in total. The molecule has 1 heterocycles. The molecule has 4 aromatic carbocycles. The van der Waals surface area contributed by atoms with Crippen LogP contribution in [0.25, 0.3) is 27.7 Å². The van der Waals surface area contributed by atoms with Gasteiger partial charge in [0.25, 0.3) is 5.56 Å². The predicted molar refractivity (Wildman–Crippen MR) is 175 cm³/mol. The Kier molecular flexibility index (Phi) is 10.2. The third-order valence-corrected chi connectivity index (χ3v) is 7.69. The number of aromatic nitrogens is 2. The molecular formula is C37H39N3O4. The summed E-state index contributed by atoms with van der Waals surface area (Å²) in [4.78, 5) is 35.0. The van der Waals surface area contributed by atoms with Crippen LogP contribution in [0.1, 0.15) is 44.6 Å². The molecule has 0 aliphatic heterocycles. The predicted octanol–water partition coefficient (Wildman–Crippen LogP) is 7.01. The number of carbonyl (C=O) groups excluding carboxylic acids is 1. The summed E-state index contributed by atoms with van der Waals surface area (Å²) in [5.74, 6) is 1.19. The lowest BCUT2D eigenvalue weighted by molar-refractivity contribution is -0.134. The van der Waals surface area contributed by atoms with Crippen molar-refractivity contribution in [3.05, 3.63) is 125 Å². The van der Waals surface area contributed by atoms with E-state index in [9.17, 15) is 9.59 Å². The quantitative estimate of drug-likeness (QED) is 0.138. The lowest BCUT2D eigenvalue weighted by Gasteiger charge is -2.32. The molecule has 7 heteroatoms. The Morgan fingerprint density at radius 2 is 1.50 bits per heavy atom. The summed E-state index contributed by atoms with van der Waals surface area (Å²) in [6, 6.07) is 32.6. The number of benzene rings is 4. The van der Waals surface area contributed by atoms with Crippen molar-refractivity contribution in [1.82, 2.24) is 14.5 Å². The number of nitrogens with zero attached hydrogens (tertiary/aromatic N) is 3. The van der Waals surface area contributed by atoms with Gasteiger partial charge in [-0.1, -0.05) is 73.7 Å². The Morgan fingerprint density at radius 3 is 2.18 bits per heavy atom. The maximum atomic E-state index is 14.1. The highest BCUT2D eigenvalue weighted by Crippen LogP contribution is 2.28. The molecule has 0 fully saturated rings. The second-order valence-electron chi connectivity index (χ2n) is 10.5. The molecule has 0 aliphatic rings. The first kappa shape index (κ1) is 30.7. The molecule has 7 nitrogen and oxygen atoms in total. The highest BCUT2D eigenvalue weighted by molar-refractivity contribution is 5.80. The van der Waals surface area contributed by atoms with E-state index in [0.29, 0.717) is 55.2 Å². The second kappa shape index (κ2) is 14.6. The first-order chi connectivity index (χ1) is 21.5. The number of para-hydroxylation sites is 1. The van der Waals surface area contributed by atoms with Gasteiger partial charge in [-0.2, -0.15) is 0 Å². The number of fused-ring (bicyclic) bond motifs is 1. The van der Waals surface area contributed by atoms with E-state index in [1.165, 1.54) is 0 Å². The molecule has 0 saturated heterocycles. The van der Waals surface area contributed by atoms with Gasteiger partial charge in [0.1, 0.15) is 11.6 Å². The first-order valence-corrected chi connectivity index (χ1v) is 15.3. The van der Waals surface area contributed by atoms with Crippen LogP contribution in [0, 0.1) is 0 Å². The standard InChI is InChI=1S/C37H39N3O4/c1-4-34(36-38-33-15-11-10-14-32(33)37(42)40(36)30-20-22-31(23-21-30)44-6-3)39(24-25-43-5-2)35(41)26-27-16-18-29(19-17-27)28-12-8-7-9-13-28/h7-23,34H,4-6,24-26H2,1-3H3/t34-/m1/s1. The molecule has 1 atom stereocenters. The van der Waals surface area contributed by atoms with Crippen LogP contribution >= 0.6 is 0 Å². The van der Waals surface area contributed by atoms with E-state index in [0.717, 1.165) is 22.4 Å². The van der Waals surface area contributed by atoms with Crippen LogP contribution < -0.4 is 10.3 Å². The summed E-state index contributed by atoms with van der Waals surface area (Å²) >= 11 is 0. The van der Waals surface area contributed by atoms with Crippen LogP contribution in [0.3, 0.4) is 0 Å². The first-order valence-electron chi connectivity index (χ1n) is 15.3. The van der Waals surface area contributed by atoms with E-state index in [2.05, 4.69) is 12.1 Å². The van der Waals surface area contributed by atoms with E-state index in [1.807, 2.05) is 111 Å². The monoisotopic (exact) mass is 589 g/mol. The van der Waals surface area contributed by atoms with Crippen molar-refractivity contribution in [2.75, 3.05) is 26.4 Å². The van der Waals surface area contributed by atoms with Crippen LogP contribution in [0.5, 0.6) is 5.75 Å². The molecule has 0 spiro atoms. The Labute approximate surface area is 258 Å². The maximum Gasteiger partial charge on any atom is 0.266 e. The average Bonchev–Trinajstić information content (AvgIpc) is 3.06. The number of hydrogen-bond donors (Lipinski definition) is 0. The lowest BCUT2D eigenvalue weighted by atomic mass is 10.0. The van der Waals surface area contributed by atoms with Crippen LogP contribution in [-0.4, -0.2) is 46.7 Å². The lowest BCUT2D eigenvalue weighted by Crippen LogP contribution is -2.41. The van der Waals surface area contributed by atoms with E-state index >= 15 is 0 Å². The van der Waals surface area contributed by atoms with Crippen molar-refractivity contribution in [2.45, 2.75) is 39.7 Å². The minimum Gasteiger partial charge on any atom is -0.494 e. The topological polar surface area (TPSA) is 73.7 Å². The maximum absolute atomic E-state index is 14.1. The van der Waals surface area contributed by atoms with Crippen molar-refractivity contribution >= 4 is 16.8 Å². The van der Waals surface area contributed by atoms with Crippen molar-refractivity contribution < 1.29 is 14.3 Å². The fourth-order valence-electron chi connectivity index (χ4n) is 5.51. The van der Waals surface area contributed by atoms with Gasteiger partial charge in [-0.3, -0.25) is 14.2 Å². The molecule has 5 rings (SSSR count). The van der Waals surface area contributed by atoms with Gasteiger partial charge < -0.3 is 14.4 Å². The largest absolute Gasteiger partial charge is 0.494 e. The Balaban J connectivity index is 1.54. The molecule has 0 saturated carbocycles. The van der Waals surface area contributed by atoms with Gasteiger partial charge in [-0.25, -0.2) is 4.98 Å². The number of amides is 1. The Hall–Kier alpha value is -4.75. The fraction of sp³-hybridized carbons (Fsp3) is 0.270. The SMILES string of the molecule is CCOCCN(C(=O)Cc1ccc(-c2ccccc2)cc1)[C@H](CC)c1nc2ccccc2c(=O)n1-c1ccc(OCC)cc1. The highest BCUT2D eigenvalue weighted by atomic mass is 16.5. The molecule has 226 valence electrons. The van der Waals surface area contributed by atoms with Crippen molar-refractivity contribution in [3.63, 3.8) is 0 Å². The molecule has 0 radical (unpaired) electrons. The molecule has 44 heavy (non-hydrogen) atoms. The zero-order chi connectivity index (χ0) is 30.9. The Morgan fingerprint density at radius 1 is 0.818 bits per heavy atom. The molecular weight excluding hydrogens is 550 g/mol. The minimum absolute atomic E-state index is 0.0512. The molecule has 1 amide bonds. The van der Waals surface area contributed by atoms with Crippen molar-refractivity contribution in [2.24, 2.45) is 0 Å². The second-order valence-corrected chi connectivity index (χ2v) is 10.5. The van der Waals surface area contributed by atoms with E-state index in [1.54, 1.807) is 10.6 Å². The minimum atomic E-state index is -0.463. The summed E-state index contributed by atoms with van der Waals surface area (Å²) in [5, 5.41) is 0.519. The number of ether oxygens (including phenoxy) is 2. The molecule has 0 bridgehead atoms. The summed E-state index contributed by atoms with van der Waals surface area (Å²) in [6.45, 7) is 7.74. The fourth-order valence-corrected chi connectivity index (χ4v) is 5.51. The molecule has 0 aliphatic carbocycles. The van der Waals surface area contributed by atoms with E-state index in [-0.39, 0.29) is 17.9 Å². The summed E-state index contributed by atoms with van der Waals surface area (Å²) < 4.78 is 13.0. The number of rotatable bonds is 13. The average molecular weight is 590 g/mol. The molecule has 5 aromatic rings. The van der Waals surface area contributed by atoms with E-state index in [4.69, 9.17) is 14.5 Å². The number of hydrogen-bond acceptors (Lipinski definition) is 5. The van der Waals surface area contributed by atoms with Crippen LogP contribution in [0.15, 0.2) is 108 Å². The summed E-state index contributed by atoms with van der Waals surface area (Å²) in [5.41, 5.74) is 4.23. The molecule has 1 aromatic heterocycles. The van der Waals surface area contributed by atoms with Gasteiger partial charge >= 0.3 is 0 Å². The third-order valence-electron chi connectivity index (χ3n) is 7.69. The van der Waals surface area contributed by atoms with Gasteiger partial charge in [0.05, 0.1) is 42.3 Å². The molecule has 0 unspecified atom stereocenters. The zero-order valence-corrected chi connectivity index (χ0v) is 25.6. The summed E-state index contributed by atoms with van der Waals surface area (Å²) in [6.07, 6.45) is 0.783. The van der Waals surface area contributed by atoms with Gasteiger partial charge in [0.2, 0.25) is 5.91 Å². The van der Waals surface area contributed by atoms with Gasteiger partial charge in [-0.15, -0.1) is 0 Å².